The second kappa shape index (κ2) is 7.67. The molecule has 0 fully saturated rings. The first-order chi connectivity index (χ1) is 8.17. The molecular weight excluding hydrogens is 238 g/mol. The highest BCUT2D eigenvalue weighted by Gasteiger charge is 2.10. The monoisotopic (exact) mass is 257 g/mol. The van der Waals surface area contributed by atoms with Crippen LogP contribution in [0.1, 0.15) is 31.4 Å². The van der Waals surface area contributed by atoms with Crippen molar-refractivity contribution in [2.24, 2.45) is 0 Å². The fourth-order valence-electron chi connectivity index (χ4n) is 1.69. The Bertz CT molecular complexity index is 316. The minimum absolute atomic E-state index is 0.169. The van der Waals surface area contributed by atoms with E-state index < -0.39 is 6.10 Å². The summed E-state index contributed by atoms with van der Waals surface area (Å²) in [6, 6.07) is 7.43. The van der Waals surface area contributed by atoms with Crippen molar-refractivity contribution in [2.45, 2.75) is 31.9 Å². The number of rotatable bonds is 7. The number of halogens is 1. The van der Waals surface area contributed by atoms with Crippen LogP contribution in [0.25, 0.3) is 0 Å². The van der Waals surface area contributed by atoms with Crippen molar-refractivity contribution in [3.63, 3.8) is 0 Å². The molecular formula is C13H20ClNO2. The molecule has 0 saturated heterocycles. The highest BCUT2D eigenvalue weighted by molar-refractivity contribution is 6.30. The quantitative estimate of drug-likeness (QED) is 0.701. The molecule has 96 valence electrons. The summed E-state index contributed by atoms with van der Waals surface area (Å²) in [5.74, 6) is 0. The fourth-order valence-corrected chi connectivity index (χ4v) is 1.81. The summed E-state index contributed by atoms with van der Waals surface area (Å²) in [4.78, 5) is 0. The van der Waals surface area contributed by atoms with Gasteiger partial charge in [-0.1, -0.05) is 30.7 Å². The number of nitrogens with one attached hydrogen (secondary N) is 1. The van der Waals surface area contributed by atoms with Gasteiger partial charge in [0.1, 0.15) is 0 Å². The number of hydrogen-bond acceptors (Lipinski definition) is 3. The van der Waals surface area contributed by atoms with Crippen LogP contribution < -0.4 is 5.32 Å². The van der Waals surface area contributed by atoms with E-state index in [-0.39, 0.29) is 12.6 Å². The van der Waals surface area contributed by atoms with Crippen molar-refractivity contribution in [3.8, 4) is 0 Å². The van der Waals surface area contributed by atoms with E-state index in [1.807, 2.05) is 12.1 Å². The van der Waals surface area contributed by atoms with E-state index in [9.17, 15) is 5.11 Å². The Morgan fingerprint density at radius 3 is 2.47 bits per heavy atom. The predicted octanol–water partition coefficient (Wildman–Crippen LogP) is 2.12. The van der Waals surface area contributed by atoms with Crippen molar-refractivity contribution in [2.75, 3.05) is 13.2 Å². The van der Waals surface area contributed by atoms with Crippen molar-refractivity contribution >= 4 is 11.6 Å². The van der Waals surface area contributed by atoms with Gasteiger partial charge in [-0.3, -0.25) is 0 Å². The van der Waals surface area contributed by atoms with Gasteiger partial charge in [-0.2, -0.15) is 0 Å². The Labute approximate surface area is 107 Å². The molecule has 3 N–H and O–H groups in total. The smallest absolute Gasteiger partial charge is 0.0914 e. The molecule has 17 heavy (non-hydrogen) atoms. The molecule has 0 aliphatic heterocycles. The van der Waals surface area contributed by atoms with E-state index in [1.165, 1.54) is 0 Å². The highest BCUT2D eigenvalue weighted by atomic mass is 35.5. The second-order valence-corrected chi connectivity index (χ2v) is 4.53. The molecule has 0 spiro atoms. The Hall–Kier alpha value is -0.610. The van der Waals surface area contributed by atoms with Crippen LogP contribution in [0.15, 0.2) is 24.3 Å². The molecule has 2 unspecified atom stereocenters. The normalized spacial score (nSPS) is 14.6. The molecule has 0 saturated carbocycles. The maximum Gasteiger partial charge on any atom is 0.0914 e. The third kappa shape index (κ3) is 5.04. The molecule has 0 heterocycles. The fraction of sp³-hybridized carbons (Fsp3) is 0.538. The average Bonchev–Trinajstić information content (AvgIpc) is 2.35. The Morgan fingerprint density at radius 1 is 1.29 bits per heavy atom. The minimum Gasteiger partial charge on any atom is -0.396 e. The van der Waals surface area contributed by atoms with Crippen LogP contribution in [-0.2, 0) is 0 Å². The minimum atomic E-state index is -0.542. The highest BCUT2D eigenvalue weighted by Crippen LogP contribution is 2.16. The third-order valence-corrected chi connectivity index (χ3v) is 3.08. The summed E-state index contributed by atoms with van der Waals surface area (Å²) < 4.78 is 0. The second-order valence-electron chi connectivity index (χ2n) is 4.09. The summed E-state index contributed by atoms with van der Waals surface area (Å²) in [5, 5.41) is 22.7. The van der Waals surface area contributed by atoms with E-state index in [2.05, 4.69) is 12.2 Å². The molecule has 0 aliphatic carbocycles. The molecule has 3 nitrogen and oxygen atoms in total. The van der Waals surface area contributed by atoms with Gasteiger partial charge in [0.25, 0.3) is 0 Å². The zero-order valence-corrected chi connectivity index (χ0v) is 10.8. The lowest BCUT2D eigenvalue weighted by atomic mass is 10.1. The van der Waals surface area contributed by atoms with Crippen LogP contribution in [0.3, 0.4) is 0 Å². The molecule has 0 bridgehead atoms. The molecule has 0 aliphatic rings. The van der Waals surface area contributed by atoms with Crippen LogP contribution in [0.4, 0.5) is 0 Å². The van der Waals surface area contributed by atoms with Gasteiger partial charge in [0.05, 0.1) is 6.10 Å². The molecule has 0 amide bonds. The molecule has 1 aromatic carbocycles. The maximum atomic E-state index is 9.96. The largest absolute Gasteiger partial charge is 0.396 e. The van der Waals surface area contributed by atoms with Crippen molar-refractivity contribution in [1.29, 1.82) is 0 Å². The van der Waals surface area contributed by atoms with Crippen molar-refractivity contribution in [3.05, 3.63) is 34.9 Å². The number of aliphatic hydroxyl groups excluding tert-OH is 2. The van der Waals surface area contributed by atoms with Crippen LogP contribution in [-0.4, -0.2) is 29.4 Å². The zero-order chi connectivity index (χ0) is 12.7. The molecule has 2 atom stereocenters. The van der Waals surface area contributed by atoms with Gasteiger partial charge in [0, 0.05) is 24.2 Å². The summed E-state index contributed by atoms with van der Waals surface area (Å²) in [6.45, 7) is 2.71. The Morgan fingerprint density at radius 2 is 1.94 bits per heavy atom. The predicted molar refractivity (Wildman–Crippen MR) is 70.2 cm³/mol. The molecule has 4 heteroatoms. The molecule has 1 aromatic rings. The first kappa shape index (κ1) is 14.5. The van der Waals surface area contributed by atoms with Gasteiger partial charge in [-0.05, 0) is 30.5 Å². The first-order valence-electron chi connectivity index (χ1n) is 5.95. The summed E-state index contributed by atoms with van der Waals surface area (Å²) in [5.41, 5.74) is 0.848. The van der Waals surface area contributed by atoms with Crippen molar-refractivity contribution in [1.82, 2.24) is 5.32 Å². The van der Waals surface area contributed by atoms with Gasteiger partial charge in [-0.25, -0.2) is 0 Å². The van der Waals surface area contributed by atoms with Crippen LogP contribution in [0, 0.1) is 0 Å². The van der Waals surface area contributed by atoms with Crippen LogP contribution in [0.2, 0.25) is 5.02 Å². The van der Waals surface area contributed by atoms with Gasteiger partial charge in [0.2, 0.25) is 0 Å². The van der Waals surface area contributed by atoms with E-state index >= 15 is 0 Å². The van der Waals surface area contributed by atoms with Gasteiger partial charge >= 0.3 is 0 Å². The summed E-state index contributed by atoms with van der Waals surface area (Å²) in [7, 11) is 0. The Kier molecular flexibility index (Phi) is 6.52. The lowest BCUT2D eigenvalue weighted by molar-refractivity contribution is 0.164. The average molecular weight is 258 g/mol. The maximum absolute atomic E-state index is 9.96. The summed E-state index contributed by atoms with van der Waals surface area (Å²) >= 11 is 5.78. The lowest BCUT2D eigenvalue weighted by Gasteiger charge is -2.18. The standard InChI is InChI=1S/C13H20ClNO2/c1-2-12(7-8-16)15-9-13(17)10-3-5-11(14)6-4-10/h3-6,12-13,15-17H,2,7-9H2,1H3. The number of aliphatic hydroxyl groups is 2. The van der Waals surface area contributed by atoms with Crippen LogP contribution in [0.5, 0.6) is 0 Å². The van der Waals surface area contributed by atoms with E-state index in [4.69, 9.17) is 16.7 Å². The van der Waals surface area contributed by atoms with Gasteiger partial charge < -0.3 is 15.5 Å². The molecule has 0 radical (unpaired) electrons. The number of hydrogen-bond donors (Lipinski definition) is 3. The summed E-state index contributed by atoms with van der Waals surface area (Å²) in [6.07, 6.45) is 1.11. The topological polar surface area (TPSA) is 52.5 Å². The van der Waals surface area contributed by atoms with E-state index in [0.29, 0.717) is 18.0 Å². The van der Waals surface area contributed by atoms with E-state index in [0.717, 1.165) is 12.0 Å². The van der Waals surface area contributed by atoms with Crippen LogP contribution >= 0.6 is 11.6 Å². The SMILES string of the molecule is CCC(CCO)NCC(O)c1ccc(Cl)cc1. The van der Waals surface area contributed by atoms with Gasteiger partial charge in [-0.15, -0.1) is 0 Å². The third-order valence-electron chi connectivity index (χ3n) is 2.83. The first-order valence-corrected chi connectivity index (χ1v) is 6.33. The molecule has 0 aromatic heterocycles. The Balaban J connectivity index is 2.43. The van der Waals surface area contributed by atoms with Gasteiger partial charge in [0.15, 0.2) is 0 Å². The zero-order valence-electron chi connectivity index (χ0n) is 10.1. The lowest BCUT2D eigenvalue weighted by Crippen LogP contribution is -2.33. The van der Waals surface area contributed by atoms with E-state index in [1.54, 1.807) is 12.1 Å². The number of benzene rings is 1. The molecule has 1 rings (SSSR count). The van der Waals surface area contributed by atoms with Crippen molar-refractivity contribution < 1.29 is 10.2 Å².